The minimum Gasteiger partial charge on any atom is -0.465 e. The Labute approximate surface area is 99.0 Å². The normalized spacial score (nSPS) is 9.24. The average molecular weight is 235 g/mol. The van der Waals surface area contributed by atoms with E-state index < -0.39 is 12.1 Å². The van der Waals surface area contributed by atoms with Gasteiger partial charge in [-0.1, -0.05) is 24.8 Å². The van der Waals surface area contributed by atoms with Crippen molar-refractivity contribution in [1.29, 1.82) is 0 Å². The van der Waals surface area contributed by atoms with Crippen molar-refractivity contribution >= 4 is 17.7 Å². The van der Waals surface area contributed by atoms with E-state index in [1.807, 2.05) is 0 Å². The van der Waals surface area contributed by atoms with Crippen molar-refractivity contribution in [2.45, 2.75) is 0 Å². The van der Waals surface area contributed by atoms with E-state index in [2.05, 4.69) is 16.6 Å². The fraction of sp³-hybridized carbons (Fsp3) is 0.167. The molecule has 0 spiro atoms. The van der Waals surface area contributed by atoms with E-state index >= 15 is 0 Å². The molecule has 0 aliphatic carbocycles. The van der Waals surface area contributed by atoms with E-state index in [0.29, 0.717) is 5.69 Å². The van der Waals surface area contributed by atoms with Gasteiger partial charge >= 0.3 is 12.1 Å². The molecule has 1 amide bonds. The zero-order valence-electron chi connectivity index (χ0n) is 9.43. The summed E-state index contributed by atoms with van der Waals surface area (Å²) in [7, 11) is 1.27. The van der Waals surface area contributed by atoms with Crippen LogP contribution >= 0.6 is 0 Å². The molecule has 0 fully saturated rings. The first-order valence-corrected chi connectivity index (χ1v) is 4.91. The molecule has 0 saturated carbocycles. The van der Waals surface area contributed by atoms with Gasteiger partial charge in [-0.15, -0.1) is 0 Å². The van der Waals surface area contributed by atoms with Gasteiger partial charge in [0.25, 0.3) is 0 Å². The van der Waals surface area contributed by atoms with E-state index in [1.54, 1.807) is 24.3 Å². The van der Waals surface area contributed by atoms with Crippen LogP contribution in [0.2, 0.25) is 0 Å². The van der Waals surface area contributed by atoms with Gasteiger partial charge < -0.3 is 9.47 Å². The molecule has 1 aromatic rings. The SMILES string of the molecule is C=CCOC(=O)Nc1ccccc1C(=O)OC. The Morgan fingerprint density at radius 1 is 1.41 bits per heavy atom. The third-order valence-corrected chi connectivity index (χ3v) is 1.90. The second-order valence-corrected chi connectivity index (χ2v) is 3.05. The molecule has 0 radical (unpaired) electrons. The maximum atomic E-state index is 11.4. The summed E-state index contributed by atoms with van der Waals surface area (Å²) in [5.74, 6) is -0.523. The Balaban J connectivity index is 2.79. The minimum atomic E-state index is -0.652. The van der Waals surface area contributed by atoms with Gasteiger partial charge in [0, 0.05) is 0 Å². The predicted molar refractivity (Wildman–Crippen MR) is 62.9 cm³/mol. The number of hydrogen-bond donors (Lipinski definition) is 1. The van der Waals surface area contributed by atoms with Crippen LogP contribution in [-0.2, 0) is 9.47 Å². The molecule has 0 atom stereocenters. The topological polar surface area (TPSA) is 64.6 Å². The van der Waals surface area contributed by atoms with Crippen molar-refractivity contribution < 1.29 is 19.1 Å². The molecule has 1 rings (SSSR count). The van der Waals surface area contributed by atoms with Crippen molar-refractivity contribution in [3.05, 3.63) is 42.5 Å². The summed E-state index contributed by atoms with van der Waals surface area (Å²) in [5.41, 5.74) is 0.610. The van der Waals surface area contributed by atoms with Crippen LogP contribution in [0, 0.1) is 0 Å². The van der Waals surface area contributed by atoms with Crippen LogP contribution in [-0.4, -0.2) is 25.8 Å². The Kier molecular flexibility index (Phi) is 4.75. The van der Waals surface area contributed by atoms with Crippen LogP contribution in [0.1, 0.15) is 10.4 Å². The third kappa shape index (κ3) is 3.64. The quantitative estimate of drug-likeness (QED) is 0.642. The number of ether oxygens (including phenoxy) is 2. The van der Waals surface area contributed by atoms with Crippen molar-refractivity contribution in [3.63, 3.8) is 0 Å². The number of rotatable bonds is 4. The summed E-state index contributed by atoms with van der Waals surface area (Å²) in [6, 6.07) is 6.50. The first-order valence-electron chi connectivity index (χ1n) is 4.91. The molecule has 1 N–H and O–H groups in total. The van der Waals surface area contributed by atoms with Crippen LogP contribution in [0.5, 0.6) is 0 Å². The van der Waals surface area contributed by atoms with Gasteiger partial charge in [0.05, 0.1) is 18.4 Å². The van der Waals surface area contributed by atoms with Gasteiger partial charge in [-0.05, 0) is 12.1 Å². The largest absolute Gasteiger partial charge is 0.465 e. The number of amides is 1. The maximum Gasteiger partial charge on any atom is 0.411 e. The first-order chi connectivity index (χ1) is 8.19. The number of nitrogens with one attached hydrogen (secondary N) is 1. The van der Waals surface area contributed by atoms with Gasteiger partial charge in [0.1, 0.15) is 6.61 Å². The van der Waals surface area contributed by atoms with Crippen LogP contribution in [0.25, 0.3) is 0 Å². The van der Waals surface area contributed by atoms with Crippen LogP contribution in [0.3, 0.4) is 0 Å². The van der Waals surface area contributed by atoms with E-state index in [9.17, 15) is 9.59 Å². The molecule has 0 bridgehead atoms. The second kappa shape index (κ2) is 6.32. The number of carbonyl (C=O) groups is 2. The predicted octanol–water partition coefficient (Wildman–Crippen LogP) is 2.21. The zero-order valence-corrected chi connectivity index (χ0v) is 9.43. The van der Waals surface area contributed by atoms with Crippen molar-refractivity contribution in [3.8, 4) is 0 Å². The Morgan fingerprint density at radius 3 is 2.76 bits per heavy atom. The lowest BCUT2D eigenvalue weighted by atomic mass is 10.2. The number of hydrogen-bond acceptors (Lipinski definition) is 4. The fourth-order valence-electron chi connectivity index (χ4n) is 1.16. The Morgan fingerprint density at radius 2 is 2.12 bits per heavy atom. The molecule has 17 heavy (non-hydrogen) atoms. The van der Waals surface area contributed by atoms with Gasteiger partial charge in [-0.2, -0.15) is 0 Å². The van der Waals surface area contributed by atoms with Crippen molar-refractivity contribution in [2.75, 3.05) is 19.0 Å². The lowest BCUT2D eigenvalue weighted by Gasteiger charge is -2.09. The zero-order chi connectivity index (χ0) is 12.7. The fourth-order valence-corrected chi connectivity index (χ4v) is 1.16. The molecule has 0 unspecified atom stereocenters. The lowest BCUT2D eigenvalue weighted by molar-refractivity contribution is 0.0602. The molecular weight excluding hydrogens is 222 g/mol. The summed E-state index contributed by atoms with van der Waals surface area (Å²) in [4.78, 5) is 22.7. The monoisotopic (exact) mass is 235 g/mol. The number of carbonyl (C=O) groups excluding carboxylic acids is 2. The van der Waals surface area contributed by atoms with Crippen LogP contribution < -0.4 is 5.32 Å². The smallest absolute Gasteiger partial charge is 0.411 e. The van der Waals surface area contributed by atoms with Crippen molar-refractivity contribution in [2.24, 2.45) is 0 Å². The molecular formula is C12H13NO4. The number of para-hydroxylation sites is 1. The minimum absolute atomic E-state index is 0.103. The van der Waals surface area contributed by atoms with E-state index in [-0.39, 0.29) is 12.2 Å². The number of esters is 1. The molecule has 0 heterocycles. The maximum absolute atomic E-state index is 11.4. The molecule has 5 nitrogen and oxygen atoms in total. The summed E-state index contributed by atoms with van der Waals surface area (Å²) in [6.07, 6.45) is 0.799. The van der Waals surface area contributed by atoms with Gasteiger partial charge in [0.15, 0.2) is 0 Å². The highest BCUT2D eigenvalue weighted by Crippen LogP contribution is 2.16. The Bertz CT molecular complexity index is 428. The molecule has 90 valence electrons. The number of anilines is 1. The standard InChI is InChI=1S/C12H13NO4/c1-3-8-17-12(15)13-10-7-5-4-6-9(10)11(14)16-2/h3-7H,1,8H2,2H3,(H,13,15). The van der Waals surface area contributed by atoms with E-state index in [4.69, 9.17) is 4.74 Å². The highest BCUT2D eigenvalue weighted by molar-refractivity contribution is 5.99. The summed E-state index contributed by atoms with van der Waals surface area (Å²) in [5, 5.41) is 2.45. The third-order valence-electron chi connectivity index (χ3n) is 1.90. The van der Waals surface area contributed by atoms with Gasteiger partial charge in [-0.25, -0.2) is 9.59 Å². The molecule has 0 saturated heterocycles. The summed E-state index contributed by atoms with van der Waals surface area (Å²) >= 11 is 0. The molecule has 0 aliphatic heterocycles. The highest BCUT2D eigenvalue weighted by Gasteiger charge is 2.13. The van der Waals surface area contributed by atoms with E-state index in [0.717, 1.165) is 0 Å². The lowest BCUT2D eigenvalue weighted by Crippen LogP contribution is -2.16. The first kappa shape index (κ1) is 12.8. The highest BCUT2D eigenvalue weighted by atomic mass is 16.5. The van der Waals surface area contributed by atoms with E-state index in [1.165, 1.54) is 13.2 Å². The molecule has 0 aromatic heterocycles. The molecule has 1 aromatic carbocycles. The number of methoxy groups -OCH3 is 1. The van der Waals surface area contributed by atoms with Crippen LogP contribution in [0.4, 0.5) is 10.5 Å². The van der Waals surface area contributed by atoms with Gasteiger partial charge in [0.2, 0.25) is 0 Å². The number of benzene rings is 1. The second-order valence-electron chi connectivity index (χ2n) is 3.05. The van der Waals surface area contributed by atoms with Gasteiger partial charge in [-0.3, -0.25) is 5.32 Å². The average Bonchev–Trinajstić information content (AvgIpc) is 2.36. The summed E-state index contributed by atoms with van der Waals surface area (Å²) < 4.78 is 9.34. The summed E-state index contributed by atoms with van der Waals surface area (Å²) in [6.45, 7) is 3.52. The Hall–Kier alpha value is -2.30. The molecule has 0 aliphatic rings. The van der Waals surface area contributed by atoms with Crippen LogP contribution in [0.15, 0.2) is 36.9 Å². The molecule has 5 heteroatoms. The van der Waals surface area contributed by atoms with Crippen molar-refractivity contribution in [1.82, 2.24) is 0 Å².